The standard InChI is InChI=1S/C14H26N2O3/c1-11(2)19-13(17)9-10-15-14(18)16(3)12-7-5-4-6-8-12/h11-12H,4-10H2,1-3H3,(H,15,18). The topological polar surface area (TPSA) is 58.6 Å². The van der Waals surface area contributed by atoms with Gasteiger partial charge in [-0.2, -0.15) is 0 Å². The van der Waals surface area contributed by atoms with E-state index < -0.39 is 0 Å². The molecule has 110 valence electrons. The molecule has 19 heavy (non-hydrogen) atoms. The predicted molar refractivity (Wildman–Crippen MR) is 73.9 cm³/mol. The van der Waals surface area contributed by atoms with Crippen LogP contribution in [0.5, 0.6) is 0 Å². The lowest BCUT2D eigenvalue weighted by Gasteiger charge is -2.31. The van der Waals surface area contributed by atoms with Gasteiger partial charge in [0, 0.05) is 19.6 Å². The molecule has 2 amide bonds. The molecule has 0 aromatic carbocycles. The lowest BCUT2D eigenvalue weighted by Crippen LogP contribution is -2.44. The second kappa shape index (κ2) is 8.02. The Morgan fingerprint density at radius 3 is 2.47 bits per heavy atom. The number of nitrogens with one attached hydrogen (secondary N) is 1. The molecule has 0 bridgehead atoms. The summed E-state index contributed by atoms with van der Waals surface area (Å²) in [6, 6.07) is 0.251. The molecule has 0 spiro atoms. The molecule has 0 saturated heterocycles. The van der Waals surface area contributed by atoms with Crippen LogP contribution in [0.2, 0.25) is 0 Å². The molecule has 0 unspecified atom stereocenters. The molecular formula is C14H26N2O3. The average molecular weight is 270 g/mol. The zero-order chi connectivity index (χ0) is 14.3. The van der Waals surface area contributed by atoms with Crippen molar-refractivity contribution in [2.24, 2.45) is 0 Å². The highest BCUT2D eigenvalue weighted by atomic mass is 16.5. The van der Waals surface area contributed by atoms with Crippen LogP contribution in [0.4, 0.5) is 4.79 Å². The van der Waals surface area contributed by atoms with Crippen molar-refractivity contribution in [2.45, 2.75) is 64.5 Å². The summed E-state index contributed by atoms with van der Waals surface area (Å²) in [4.78, 5) is 25.0. The highest BCUT2D eigenvalue weighted by Crippen LogP contribution is 2.21. The Balaban J connectivity index is 2.21. The van der Waals surface area contributed by atoms with Gasteiger partial charge in [-0.05, 0) is 26.7 Å². The van der Waals surface area contributed by atoms with Crippen molar-refractivity contribution >= 4 is 12.0 Å². The predicted octanol–water partition coefficient (Wildman–Crippen LogP) is 2.30. The van der Waals surface area contributed by atoms with Crippen molar-refractivity contribution in [3.8, 4) is 0 Å². The van der Waals surface area contributed by atoms with Crippen LogP contribution in [-0.4, -0.2) is 42.6 Å². The molecule has 1 aliphatic carbocycles. The van der Waals surface area contributed by atoms with Crippen LogP contribution in [0.15, 0.2) is 0 Å². The fourth-order valence-corrected chi connectivity index (χ4v) is 2.35. The van der Waals surface area contributed by atoms with E-state index >= 15 is 0 Å². The normalized spacial score (nSPS) is 16.2. The summed E-state index contributed by atoms with van der Waals surface area (Å²) in [6.45, 7) is 3.96. The lowest BCUT2D eigenvalue weighted by molar-refractivity contribution is -0.147. The molecule has 0 heterocycles. The Bertz CT molecular complexity index is 299. The van der Waals surface area contributed by atoms with Gasteiger partial charge in [0.1, 0.15) is 0 Å². The number of ether oxygens (including phenoxy) is 1. The largest absolute Gasteiger partial charge is 0.463 e. The highest BCUT2D eigenvalue weighted by molar-refractivity contribution is 5.75. The third kappa shape index (κ3) is 5.94. The van der Waals surface area contributed by atoms with E-state index in [0.29, 0.717) is 12.6 Å². The molecule has 0 radical (unpaired) electrons. The number of carbonyl (C=O) groups is 2. The summed E-state index contributed by atoms with van der Waals surface area (Å²) in [5, 5.41) is 2.77. The molecule has 0 aromatic heterocycles. The maximum Gasteiger partial charge on any atom is 0.317 e. The maximum atomic E-state index is 11.9. The van der Waals surface area contributed by atoms with Crippen molar-refractivity contribution in [3.05, 3.63) is 0 Å². The summed E-state index contributed by atoms with van der Waals surface area (Å²) in [7, 11) is 1.83. The number of carbonyl (C=O) groups excluding carboxylic acids is 2. The molecular weight excluding hydrogens is 244 g/mol. The van der Waals surface area contributed by atoms with Crippen LogP contribution in [0.3, 0.4) is 0 Å². The molecule has 1 aliphatic rings. The van der Waals surface area contributed by atoms with Gasteiger partial charge in [-0.3, -0.25) is 4.79 Å². The molecule has 0 aliphatic heterocycles. The van der Waals surface area contributed by atoms with Crippen LogP contribution >= 0.6 is 0 Å². The fraction of sp³-hybridized carbons (Fsp3) is 0.857. The first kappa shape index (κ1) is 15.8. The van der Waals surface area contributed by atoms with Gasteiger partial charge >= 0.3 is 12.0 Å². The van der Waals surface area contributed by atoms with Crippen molar-refractivity contribution in [3.63, 3.8) is 0 Å². The van der Waals surface area contributed by atoms with Gasteiger partial charge in [-0.1, -0.05) is 19.3 Å². The first-order chi connectivity index (χ1) is 9.00. The zero-order valence-corrected chi connectivity index (χ0v) is 12.3. The third-order valence-electron chi connectivity index (χ3n) is 3.42. The quantitative estimate of drug-likeness (QED) is 0.780. The van der Waals surface area contributed by atoms with Crippen molar-refractivity contribution < 1.29 is 14.3 Å². The van der Waals surface area contributed by atoms with Crippen LogP contribution in [0, 0.1) is 0 Å². The molecule has 5 nitrogen and oxygen atoms in total. The summed E-state index contributed by atoms with van der Waals surface area (Å²) >= 11 is 0. The van der Waals surface area contributed by atoms with E-state index in [1.165, 1.54) is 19.3 Å². The third-order valence-corrected chi connectivity index (χ3v) is 3.42. The Kier molecular flexibility index (Phi) is 6.67. The number of hydrogen-bond donors (Lipinski definition) is 1. The van der Waals surface area contributed by atoms with Crippen LogP contribution in [0.1, 0.15) is 52.4 Å². The number of hydrogen-bond acceptors (Lipinski definition) is 3. The summed E-state index contributed by atoms with van der Waals surface area (Å²) in [5.74, 6) is -0.268. The van der Waals surface area contributed by atoms with Gasteiger partial charge < -0.3 is 15.0 Å². The molecule has 1 saturated carbocycles. The van der Waals surface area contributed by atoms with Gasteiger partial charge in [-0.25, -0.2) is 4.79 Å². The SMILES string of the molecule is CC(C)OC(=O)CCNC(=O)N(C)C1CCCCC1. The average Bonchev–Trinajstić information content (AvgIpc) is 2.37. The number of nitrogens with zero attached hydrogens (tertiary/aromatic N) is 1. The molecule has 0 aromatic rings. The number of amides is 2. The van der Waals surface area contributed by atoms with Gasteiger partial charge in [-0.15, -0.1) is 0 Å². The van der Waals surface area contributed by atoms with Crippen LogP contribution in [-0.2, 0) is 9.53 Å². The second-order valence-corrected chi connectivity index (χ2v) is 5.42. The first-order valence-electron chi connectivity index (χ1n) is 7.21. The maximum absolute atomic E-state index is 11.9. The van der Waals surface area contributed by atoms with Gasteiger partial charge in [0.2, 0.25) is 0 Å². The van der Waals surface area contributed by atoms with Crippen LogP contribution in [0.25, 0.3) is 0 Å². The van der Waals surface area contributed by atoms with E-state index in [1.54, 1.807) is 4.90 Å². The molecule has 1 fully saturated rings. The zero-order valence-electron chi connectivity index (χ0n) is 12.3. The monoisotopic (exact) mass is 270 g/mol. The molecule has 5 heteroatoms. The minimum Gasteiger partial charge on any atom is -0.463 e. The Hall–Kier alpha value is -1.26. The number of rotatable bonds is 5. The Morgan fingerprint density at radius 2 is 1.89 bits per heavy atom. The van der Waals surface area contributed by atoms with E-state index in [0.717, 1.165) is 12.8 Å². The van der Waals surface area contributed by atoms with Gasteiger partial charge in [0.25, 0.3) is 0 Å². The molecule has 1 N–H and O–H groups in total. The minimum absolute atomic E-state index is 0.0933. The van der Waals surface area contributed by atoms with E-state index in [4.69, 9.17) is 4.74 Å². The number of esters is 1. The van der Waals surface area contributed by atoms with Crippen LogP contribution < -0.4 is 5.32 Å². The van der Waals surface area contributed by atoms with Gasteiger partial charge in [0.05, 0.1) is 12.5 Å². The van der Waals surface area contributed by atoms with Crippen molar-refractivity contribution in [2.75, 3.05) is 13.6 Å². The van der Waals surface area contributed by atoms with E-state index in [1.807, 2.05) is 20.9 Å². The fourth-order valence-electron chi connectivity index (χ4n) is 2.35. The summed E-state index contributed by atoms with van der Waals surface area (Å²) in [5.41, 5.74) is 0. The Morgan fingerprint density at radius 1 is 1.26 bits per heavy atom. The van der Waals surface area contributed by atoms with E-state index in [9.17, 15) is 9.59 Å². The molecule has 1 rings (SSSR count). The van der Waals surface area contributed by atoms with Gasteiger partial charge in [0.15, 0.2) is 0 Å². The van der Waals surface area contributed by atoms with Crippen molar-refractivity contribution in [1.82, 2.24) is 10.2 Å². The summed E-state index contributed by atoms with van der Waals surface area (Å²) < 4.78 is 5.00. The first-order valence-corrected chi connectivity index (χ1v) is 7.21. The Labute approximate surface area is 115 Å². The lowest BCUT2D eigenvalue weighted by atomic mass is 9.95. The smallest absolute Gasteiger partial charge is 0.317 e. The summed E-state index contributed by atoms with van der Waals surface area (Å²) in [6.07, 6.45) is 5.95. The van der Waals surface area contributed by atoms with E-state index in [2.05, 4.69) is 5.32 Å². The van der Waals surface area contributed by atoms with Crippen molar-refractivity contribution in [1.29, 1.82) is 0 Å². The highest BCUT2D eigenvalue weighted by Gasteiger charge is 2.21. The second-order valence-electron chi connectivity index (χ2n) is 5.42. The number of urea groups is 1. The minimum atomic E-state index is -0.268. The molecule has 0 atom stereocenters. The van der Waals surface area contributed by atoms with E-state index in [-0.39, 0.29) is 24.5 Å².